The Morgan fingerprint density at radius 1 is 1.12 bits per heavy atom. The quantitative estimate of drug-likeness (QED) is 0.602. The van der Waals surface area contributed by atoms with Gasteiger partial charge in [-0.25, -0.2) is 9.67 Å². The number of benzene rings is 1. The fourth-order valence-electron chi connectivity index (χ4n) is 2.71. The first-order valence-corrected chi connectivity index (χ1v) is 7.85. The van der Waals surface area contributed by atoms with Crippen LogP contribution in [-0.2, 0) is 0 Å². The van der Waals surface area contributed by atoms with Gasteiger partial charge in [0.05, 0.1) is 5.69 Å². The van der Waals surface area contributed by atoms with E-state index in [1.54, 1.807) is 10.9 Å². The van der Waals surface area contributed by atoms with Crippen LogP contribution in [0.5, 0.6) is 0 Å². The van der Waals surface area contributed by atoms with Gasteiger partial charge in [0, 0.05) is 29.9 Å². The molecule has 0 radical (unpaired) electrons. The second-order valence-electron chi connectivity index (χ2n) is 5.83. The summed E-state index contributed by atoms with van der Waals surface area (Å²) in [6, 6.07) is 11.4. The summed E-state index contributed by atoms with van der Waals surface area (Å²) < 4.78 is 1.80. The minimum Gasteiger partial charge on any atom is -0.307 e. The van der Waals surface area contributed by atoms with Crippen molar-refractivity contribution in [3.63, 3.8) is 0 Å². The maximum Gasteiger partial charge on any atom is 0.249 e. The maximum atomic E-state index is 11.6. The number of pyridine rings is 1. The molecule has 1 aromatic carbocycles. The molecule has 3 heterocycles. The number of nitrogens with one attached hydrogen (secondary N) is 2. The molecule has 0 saturated heterocycles. The van der Waals surface area contributed by atoms with E-state index in [9.17, 15) is 4.79 Å². The third kappa shape index (κ3) is 2.87. The lowest BCUT2D eigenvalue weighted by atomic mass is 10.2. The molecule has 124 valence electrons. The Kier molecular flexibility index (Phi) is 3.53. The van der Waals surface area contributed by atoms with Crippen molar-refractivity contribution in [2.75, 3.05) is 5.32 Å². The van der Waals surface area contributed by atoms with E-state index in [4.69, 9.17) is 0 Å². The lowest BCUT2D eigenvalue weighted by Gasteiger charge is -2.06. The van der Waals surface area contributed by atoms with Crippen molar-refractivity contribution < 1.29 is 0 Å². The first-order chi connectivity index (χ1) is 12.1. The lowest BCUT2D eigenvalue weighted by molar-refractivity contribution is 0.875. The van der Waals surface area contributed by atoms with Gasteiger partial charge >= 0.3 is 0 Å². The largest absolute Gasteiger partial charge is 0.307 e. The van der Waals surface area contributed by atoms with Crippen LogP contribution in [0.2, 0.25) is 0 Å². The molecular formula is C18H16N6O. The van der Waals surface area contributed by atoms with Gasteiger partial charge in [0.25, 0.3) is 0 Å². The van der Waals surface area contributed by atoms with Gasteiger partial charge in [-0.3, -0.25) is 4.79 Å². The normalized spacial score (nSPS) is 11.0. The number of nitrogens with zero attached hydrogens (tertiary/aromatic N) is 4. The van der Waals surface area contributed by atoms with Crippen molar-refractivity contribution >= 4 is 22.8 Å². The summed E-state index contributed by atoms with van der Waals surface area (Å²) in [5, 5.41) is 8.39. The molecule has 0 spiro atoms. The first kappa shape index (κ1) is 15.1. The number of H-pyrrole nitrogens is 1. The zero-order valence-corrected chi connectivity index (χ0v) is 13.8. The van der Waals surface area contributed by atoms with Crippen molar-refractivity contribution in [3.8, 4) is 5.69 Å². The van der Waals surface area contributed by atoms with E-state index in [-0.39, 0.29) is 5.56 Å². The van der Waals surface area contributed by atoms with Crippen molar-refractivity contribution in [2.45, 2.75) is 13.8 Å². The highest BCUT2D eigenvalue weighted by Gasteiger charge is 2.07. The van der Waals surface area contributed by atoms with Crippen LogP contribution < -0.4 is 10.9 Å². The predicted octanol–water partition coefficient (Wildman–Crippen LogP) is 2.86. The number of rotatable bonds is 3. The molecule has 4 rings (SSSR count). The molecule has 0 bridgehead atoms. The molecule has 3 aromatic heterocycles. The van der Waals surface area contributed by atoms with Crippen LogP contribution in [0, 0.1) is 13.8 Å². The lowest BCUT2D eigenvalue weighted by Crippen LogP contribution is -2.08. The monoisotopic (exact) mass is 332 g/mol. The molecule has 2 N–H and O–H groups in total. The van der Waals surface area contributed by atoms with E-state index in [1.807, 2.05) is 50.4 Å². The highest BCUT2D eigenvalue weighted by molar-refractivity contribution is 5.78. The summed E-state index contributed by atoms with van der Waals surface area (Å²) in [7, 11) is 0. The molecule has 25 heavy (non-hydrogen) atoms. The number of aromatic amines is 1. The topological polar surface area (TPSA) is 88.5 Å². The Labute approximate surface area is 143 Å². The van der Waals surface area contributed by atoms with Crippen LogP contribution in [0.25, 0.3) is 16.7 Å². The average Bonchev–Trinajstić information content (AvgIpc) is 3.03. The predicted molar refractivity (Wildman–Crippen MR) is 96.5 cm³/mol. The second kappa shape index (κ2) is 5.86. The van der Waals surface area contributed by atoms with Crippen molar-refractivity contribution in [3.05, 3.63) is 70.3 Å². The van der Waals surface area contributed by atoms with E-state index in [0.717, 1.165) is 22.2 Å². The zero-order chi connectivity index (χ0) is 17.4. The van der Waals surface area contributed by atoms with Crippen LogP contribution in [0.1, 0.15) is 11.1 Å². The van der Waals surface area contributed by atoms with E-state index >= 15 is 0 Å². The van der Waals surface area contributed by atoms with Crippen molar-refractivity contribution in [1.29, 1.82) is 0 Å². The molecule has 0 aliphatic carbocycles. The Balaban J connectivity index is 1.66. The van der Waals surface area contributed by atoms with Crippen LogP contribution in [0.3, 0.4) is 0 Å². The average molecular weight is 332 g/mol. The molecule has 0 fully saturated rings. The summed E-state index contributed by atoms with van der Waals surface area (Å²) in [5.74, 6) is 1.00. The molecule has 7 nitrogen and oxygen atoms in total. The highest BCUT2D eigenvalue weighted by atomic mass is 16.1. The number of fused-ring (bicyclic) bond motifs is 1. The van der Waals surface area contributed by atoms with Gasteiger partial charge in [-0.1, -0.05) is 18.2 Å². The number of hydrogen-bond donors (Lipinski definition) is 2. The molecular weight excluding hydrogens is 316 g/mol. The third-order valence-electron chi connectivity index (χ3n) is 3.99. The number of hydrogen-bond acceptors (Lipinski definition) is 5. The Morgan fingerprint density at radius 2 is 1.96 bits per heavy atom. The van der Waals surface area contributed by atoms with Gasteiger partial charge in [0.1, 0.15) is 5.65 Å². The highest BCUT2D eigenvalue weighted by Crippen LogP contribution is 2.18. The summed E-state index contributed by atoms with van der Waals surface area (Å²) in [4.78, 5) is 23.0. The van der Waals surface area contributed by atoms with Gasteiger partial charge in [-0.05, 0) is 31.0 Å². The second-order valence-corrected chi connectivity index (χ2v) is 5.83. The fraction of sp³-hybridized carbons (Fsp3) is 0.111. The molecule has 0 aliphatic rings. The Hall–Kier alpha value is -3.48. The molecule has 0 saturated carbocycles. The molecule has 4 aromatic rings. The number of para-hydroxylation sites is 1. The van der Waals surface area contributed by atoms with Crippen LogP contribution in [-0.4, -0.2) is 24.7 Å². The molecule has 0 unspecified atom stereocenters. The fourth-order valence-corrected chi connectivity index (χ4v) is 2.71. The van der Waals surface area contributed by atoms with E-state index < -0.39 is 0 Å². The van der Waals surface area contributed by atoms with E-state index in [1.165, 1.54) is 6.07 Å². The van der Waals surface area contributed by atoms with Gasteiger partial charge < -0.3 is 10.3 Å². The summed E-state index contributed by atoms with van der Waals surface area (Å²) >= 11 is 0. The van der Waals surface area contributed by atoms with Gasteiger partial charge in [-0.2, -0.15) is 10.1 Å². The van der Waals surface area contributed by atoms with E-state index in [2.05, 4.69) is 25.4 Å². The minimum absolute atomic E-state index is 0.182. The molecule has 7 heteroatoms. The molecule has 0 atom stereocenters. The molecule has 0 amide bonds. The van der Waals surface area contributed by atoms with Crippen molar-refractivity contribution in [1.82, 2.24) is 24.7 Å². The smallest absolute Gasteiger partial charge is 0.249 e. The Morgan fingerprint density at radius 3 is 2.80 bits per heavy atom. The number of aromatic nitrogens is 5. The van der Waals surface area contributed by atoms with E-state index in [0.29, 0.717) is 17.4 Å². The van der Waals surface area contributed by atoms with Crippen LogP contribution in [0.15, 0.2) is 53.6 Å². The summed E-state index contributed by atoms with van der Waals surface area (Å²) in [5.41, 5.74) is 3.30. The zero-order valence-electron chi connectivity index (χ0n) is 13.8. The van der Waals surface area contributed by atoms with Crippen molar-refractivity contribution in [2.24, 2.45) is 0 Å². The Bertz CT molecular complexity index is 1130. The standard InChI is InChI=1S/C18H16N6O/c1-11-5-3-4-6-14(11)24-8-7-15(23-24)20-18-19-10-13-12(2)9-16(25)21-17(13)22-18/h3-10H,1-2H3,(H2,19,20,21,22,23,25). The maximum absolute atomic E-state index is 11.6. The molecule has 0 aliphatic heterocycles. The first-order valence-electron chi connectivity index (χ1n) is 7.85. The third-order valence-corrected chi connectivity index (χ3v) is 3.99. The minimum atomic E-state index is -0.182. The van der Waals surface area contributed by atoms with Crippen LogP contribution in [0.4, 0.5) is 11.8 Å². The van der Waals surface area contributed by atoms with Gasteiger partial charge in [0.15, 0.2) is 5.82 Å². The number of anilines is 2. The number of aryl methyl sites for hydroxylation is 2. The van der Waals surface area contributed by atoms with Gasteiger partial charge in [0.2, 0.25) is 11.5 Å². The SMILES string of the molecule is Cc1ccccc1-n1ccc(Nc2ncc3c(C)cc(=O)[nH]c3n2)n1. The van der Waals surface area contributed by atoms with Crippen LogP contribution >= 0.6 is 0 Å². The summed E-state index contributed by atoms with van der Waals surface area (Å²) in [6.45, 7) is 3.90. The summed E-state index contributed by atoms with van der Waals surface area (Å²) in [6.07, 6.45) is 3.56. The van der Waals surface area contributed by atoms with Gasteiger partial charge in [-0.15, -0.1) is 0 Å².